The highest BCUT2D eigenvalue weighted by atomic mass is 32.2. The Bertz CT molecular complexity index is 1030. The molecule has 2 N–H and O–H groups in total. The van der Waals surface area contributed by atoms with Gasteiger partial charge in [-0.15, -0.1) is 0 Å². The van der Waals surface area contributed by atoms with Crippen LogP contribution in [0.25, 0.3) is 0 Å². The number of hydrogen-bond acceptors (Lipinski definition) is 5. The Labute approximate surface area is 159 Å². The van der Waals surface area contributed by atoms with Crippen LogP contribution in [0.2, 0.25) is 0 Å². The number of nitrogens with one attached hydrogen (secondary N) is 2. The Morgan fingerprint density at radius 3 is 2.15 bits per heavy atom. The van der Waals surface area contributed by atoms with Crippen LogP contribution in [0.3, 0.4) is 0 Å². The molecule has 2 aromatic carbocycles. The molecule has 7 nitrogen and oxygen atoms in total. The molecule has 1 amide bonds. The van der Waals surface area contributed by atoms with E-state index in [2.05, 4.69) is 10.0 Å². The van der Waals surface area contributed by atoms with E-state index >= 15 is 0 Å². The normalized spacial score (nSPS) is 13.1. The molecule has 146 valence electrons. The minimum atomic E-state index is -3.65. The van der Waals surface area contributed by atoms with Crippen molar-refractivity contribution in [1.82, 2.24) is 10.0 Å². The molecule has 0 aliphatic carbocycles. The molecule has 2 rings (SSSR count). The van der Waals surface area contributed by atoms with Gasteiger partial charge in [0.05, 0.1) is 15.8 Å². The fourth-order valence-corrected chi connectivity index (χ4v) is 3.94. The molecule has 0 fully saturated rings. The number of carbonyl (C=O) groups is 1. The van der Waals surface area contributed by atoms with Gasteiger partial charge in [0.15, 0.2) is 9.84 Å². The minimum absolute atomic E-state index is 0.00297. The Hall–Kier alpha value is -2.23. The first-order valence-corrected chi connectivity index (χ1v) is 11.6. The van der Waals surface area contributed by atoms with Crippen LogP contribution in [0.4, 0.5) is 0 Å². The maximum Gasteiger partial charge on any atom is 0.251 e. The molecular weight excluding hydrogens is 388 g/mol. The van der Waals surface area contributed by atoms with Gasteiger partial charge in [0.1, 0.15) is 0 Å². The summed E-state index contributed by atoms with van der Waals surface area (Å²) in [5, 5.41) is 2.85. The smallest absolute Gasteiger partial charge is 0.251 e. The van der Waals surface area contributed by atoms with Crippen LogP contribution in [0.15, 0.2) is 58.3 Å². The molecule has 27 heavy (non-hydrogen) atoms. The first-order valence-electron chi connectivity index (χ1n) is 8.23. The van der Waals surface area contributed by atoms with E-state index in [-0.39, 0.29) is 21.4 Å². The van der Waals surface area contributed by atoms with Crippen molar-refractivity contribution in [1.29, 1.82) is 0 Å². The summed E-state index contributed by atoms with van der Waals surface area (Å²) in [5.41, 5.74) is 0.981. The molecule has 0 heterocycles. The average molecular weight is 411 g/mol. The Kier molecular flexibility index (Phi) is 6.40. The lowest BCUT2D eigenvalue weighted by Gasteiger charge is -2.18. The zero-order chi connectivity index (χ0) is 20.2. The summed E-state index contributed by atoms with van der Waals surface area (Å²) in [7, 11) is -5.63. The topological polar surface area (TPSA) is 109 Å². The van der Waals surface area contributed by atoms with Gasteiger partial charge in [-0.25, -0.2) is 21.6 Å². The van der Waals surface area contributed by atoms with Gasteiger partial charge >= 0.3 is 0 Å². The molecule has 0 aromatic heterocycles. The van der Waals surface area contributed by atoms with Crippen LogP contribution in [-0.2, 0) is 19.9 Å². The molecule has 0 bridgehead atoms. The van der Waals surface area contributed by atoms with E-state index in [0.29, 0.717) is 6.42 Å². The Morgan fingerprint density at radius 2 is 1.63 bits per heavy atom. The van der Waals surface area contributed by atoms with Crippen LogP contribution in [-0.4, -0.2) is 36.0 Å². The van der Waals surface area contributed by atoms with Crippen molar-refractivity contribution >= 4 is 25.8 Å². The van der Waals surface area contributed by atoms with Gasteiger partial charge in [-0.05, 0) is 49.4 Å². The number of sulfonamides is 1. The predicted molar refractivity (Wildman–Crippen MR) is 103 cm³/mol. The maximum absolute atomic E-state index is 12.6. The number of carbonyl (C=O) groups excluding carboxylic acids is 1. The molecule has 0 saturated carbocycles. The van der Waals surface area contributed by atoms with Gasteiger partial charge < -0.3 is 5.32 Å². The summed E-state index contributed by atoms with van der Waals surface area (Å²) < 4.78 is 49.1. The second kappa shape index (κ2) is 8.20. The third kappa shape index (κ3) is 5.15. The van der Waals surface area contributed by atoms with Crippen molar-refractivity contribution in [2.45, 2.75) is 29.2 Å². The Morgan fingerprint density at radius 1 is 1.00 bits per heavy atom. The molecule has 2 aromatic rings. The molecule has 9 heteroatoms. The van der Waals surface area contributed by atoms with Gasteiger partial charge in [0.2, 0.25) is 10.0 Å². The van der Waals surface area contributed by atoms with Crippen LogP contribution in [0, 0.1) is 0 Å². The number of sulfone groups is 1. The van der Waals surface area contributed by atoms with Crippen molar-refractivity contribution in [3.05, 3.63) is 59.7 Å². The lowest BCUT2D eigenvalue weighted by Crippen LogP contribution is -2.28. The van der Waals surface area contributed by atoms with E-state index in [1.165, 1.54) is 43.4 Å². The highest BCUT2D eigenvalue weighted by Crippen LogP contribution is 2.20. The zero-order valence-electron chi connectivity index (χ0n) is 15.3. The van der Waals surface area contributed by atoms with Crippen LogP contribution < -0.4 is 10.0 Å². The van der Waals surface area contributed by atoms with Gasteiger partial charge in [-0.1, -0.05) is 25.1 Å². The van der Waals surface area contributed by atoms with Crippen molar-refractivity contribution < 1.29 is 21.6 Å². The summed E-state index contributed by atoms with van der Waals surface area (Å²) in [6.45, 7) is 1.89. The molecule has 0 radical (unpaired) electrons. The van der Waals surface area contributed by atoms with Crippen LogP contribution in [0.5, 0.6) is 0 Å². The lowest BCUT2D eigenvalue weighted by molar-refractivity contribution is 0.0935. The number of amides is 1. The van der Waals surface area contributed by atoms with Crippen LogP contribution in [0.1, 0.15) is 35.3 Å². The third-order valence-electron chi connectivity index (χ3n) is 4.10. The molecule has 0 aliphatic heterocycles. The highest BCUT2D eigenvalue weighted by molar-refractivity contribution is 7.90. The van der Waals surface area contributed by atoms with E-state index in [0.717, 1.165) is 11.8 Å². The molecule has 0 spiro atoms. The highest BCUT2D eigenvalue weighted by Gasteiger charge is 2.18. The fourth-order valence-electron chi connectivity index (χ4n) is 2.53. The van der Waals surface area contributed by atoms with Crippen LogP contribution >= 0.6 is 0 Å². The van der Waals surface area contributed by atoms with Gasteiger partial charge in [-0.2, -0.15) is 0 Å². The first kappa shape index (κ1) is 21.1. The lowest BCUT2D eigenvalue weighted by atomic mass is 10.0. The zero-order valence-corrected chi connectivity index (χ0v) is 16.9. The maximum atomic E-state index is 12.6. The van der Waals surface area contributed by atoms with Crippen molar-refractivity contribution in [3.63, 3.8) is 0 Å². The SMILES string of the molecule is CC[C@@H](NC(=O)c1cccc(S(=O)(=O)NC)c1)c1ccc(S(C)(=O)=O)cc1. The summed E-state index contributed by atoms with van der Waals surface area (Å²) in [6.07, 6.45) is 1.71. The Balaban J connectivity index is 2.24. The minimum Gasteiger partial charge on any atom is -0.345 e. The van der Waals surface area contributed by atoms with Crippen molar-refractivity contribution in [3.8, 4) is 0 Å². The molecule has 0 unspecified atom stereocenters. The van der Waals surface area contributed by atoms with E-state index in [1.807, 2.05) is 6.92 Å². The molecule has 0 aliphatic rings. The average Bonchev–Trinajstić information content (AvgIpc) is 2.65. The standard InChI is InChI=1S/C18H22N2O5S2/c1-4-17(13-8-10-15(11-9-13)26(3,22)23)20-18(21)14-6-5-7-16(12-14)27(24,25)19-2/h5-12,17,19H,4H2,1-3H3,(H,20,21)/t17-/m1/s1. The van der Waals surface area contributed by atoms with Gasteiger partial charge in [-0.3, -0.25) is 4.79 Å². The molecule has 1 atom stereocenters. The van der Waals surface area contributed by atoms with E-state index in [9.17, 15) is 21.6 Å². The van der Waals surface area contributed by atoms with Gasteiger partial charge in [0.25, 0.3) is 5.91 Å². The first-order chi connectivity index (χ1) is 12.6. The quantitative estimate of drug-likeness (QED) is 0.724. The van der Waals surface area contributed by atoms with Crippen molar-refractivity contribution in [2.24, 2.45) is 0 Å². The van der Waals surface area contributed by atoms with Crippen molar-refractivity contribution in [2.75, 3.05) is 13.3 Å². The summed E-state index contributed by atoms with van der Waals surface area (Å²) in [6, 6.07) is 11.7. The van der Waals surface area contributed by atoms with Gasteiger partial charge in [0, 0.05) is 11.8 Å². The number of hydrogen-bond donors (Lipinski definition) is 2. The monoisotopic (exact) mass is 410 g/mol. The second-order valence-corrected chi connectivity index (χ2v) is 9.91. The van der Waals surface area contributed by atoms with E-state index in [4.69, 9.17) is 0 Å². The fraction of sp³-hybridized carbons (Fsp3) is 0.278. The summed E-state index contributed by atoms with van der Waals surface area (Å²) in [5.74, 6) is -0.415. The van der Waals surface area contributed by atoms with E-state index < -0.39 is 25.8 Å². The predicted octanol–water partition coefficient (Wildman–Crippen LogP) is 1.88. The summed E-state index contributed by atoms with van der Waals surface area (Å²) in [4.78, 5) is 12.8. The third-order valence-corrected chi connectivity index (χ3v) is 6.64. The molecule has 0 saturated heterocycles. The molecular formula is C18H22N2O5S2. The largest absolute Gasteiger partial charge is 0.345 e. The number of rotatable bonds is 7. The number of benzene rings is 2. The van der Waals surface area contributed by atoms with E-state index in [1.54, 1.807) is 12.1 Å². The summed E-state index contributed by atoms with van der Waals surface area (Å²) >= 11 is 0. The second-order valence-electron chi connectivity index (χ2n) is 6.01.